The molecule has 1 heterocycles. The van der Waals surface area contributed by atoms with E-state index in [1.165, 1.54) is 29.2 Å². The smallest absolute Gasteiger partial charge is 0.290 e. The van der Waals surface area contributed by atoms with Gasteiger partial charge in [-0.15, -0.1) is 0 Å². The van der Waals surface area contributed by atoms with E-state index in [0.29, 0.717) is 35.1 Å². The summed E-state index contributed by atoms with van der Waals surface area (Å²) in [6.45, 7) is 6.69. The molecule has 0 unspecified atom stereocenters. The second-order valence-electron chi connectivity index (χ2n) is 7.67. The third kappa shape index (κ3) is 6.58. The molecular formula is C26H28N4O4S. The molecule has 0 aliphatic heterocycles. The lowest BCUT2D eigenvalue weighted by Crippen LogP contribution is -2.15. The molecule has 1 aromatic heterocycles. The van der Waals surface area contributed by atoms with Crippen molar-refractivity contribution in [3.05, 3.63) is 68.5 Å². The number of ether oxygens (including phenoxy) is 3. The number of para-hydroxylation sites is 1. The Hall–Kier alpha value is -3.90. The second kappa shape index (κ2) is 12.0. The fourth-order valence-electron chi connectivity index (χ4n) is 3.31. The van der Waals surface area contributed by atoms with E-state index in [2.05, 4.69) is 10.1 Å². The molecule has 1 amide bonds. The van der Waals surface area contributed by atoms with E-state index < -0.39 is 5.91 Å². The highest BCUT2D eigenvalue weighted by Gasteiger charge is 2.12. The van der Waals surface area contributed by atoms with Gasteiger partial charge in [-0.25, -0.2) is 4.68 Å². The van der Waals surface area contributed by atoms with E-state index in [1.807, 2.05) is 45.0 Å². The van der Waals surface area contributed by atoms with Gasteiger partial charge < -0.3 is 14.2 Å². The van der Waals surface area contributed by atoms with E-state index in [4.69, 9.17) is 14.2 Å². The SMILES string of the molecule is CCc1nn(C)/c(=N/C(=O)/C(C#N)=C\c2ccc(OCCOc3c(C)cccc3C)c(OC)c2)s1. The van der Waals surface area contributed by atoms with Crippen molar-refractivity contribution in [3.63, 3.8) is 0 Å². The van der Waals surface area contributed by atoms with Gasteiger partial charge in [-0.1, -0.05) is 42.5 Å². The van der Waals surface area contributed by atoms with Gasteiger partial charge >= 0.3 is 0 Å². The average Bonchev–Trinajstić information content (AvgIpc) is 3.21. The van der Waals surface area contributed by atoms with Crippen molar-refractivity contribution in [1.82, 2.24) is 9.78 Å². The van der Waals surface area contributed by atoms with Gasteiger partial charge in [0.05, 0.1) is 7.11 Å². The Labute approximate surface area is 208 Å². The molecular weight excluding hydrogens is 464 g/mol. The minimum atomic E-state index is -0.627. The Morgan fingerprint density at radius 3 is 2.51 bits per heavy atom. The van der Waals surface area contributed by atoms with Gasteiger partial charge in [0.1, 0.15) is 35.6 Å². The molecule has 0 N–H and O–H groups in total. The molecule has 0 radical (unpaired) electrons. The lowest BCUT2D eigenvalue weighted by molar-refractivity contribution is -0.114. The molecule has 182 valence electrons. The number of amides is 1. The molecule has 9 heteroatoms. The van der Waals surface area contributed by atoms with Crippen LogP contribution in [0.5, 0.6) is 17.2 Å². The van der Waals surface area contributed by atoms with Gasteiger partial charge in [0.15, 0.2) is 11.5 Å². The molecule has 2 aromatic carbocycles. The molecule has 0 bridgehead atoms. The lowest BCUT2D eigenvalue weighted by Gasteiger charge is -2.14. The first-order valence-electron chi connectivity index (χ1n) is 11.1. The number of carbonyl (C=O) groups excluding carboxylic acids is 1. The number of rotatable bonds is 9. The third-order valence-electron chi connectivity index (χ3n) is 5.09. The first-order valence-corrected chi connectivity index (χ1v) is 11.9. The minimum absolute atomic E-state index is 0.0887. The first-order chi connectivity index (χ1) is 16.9. The summed E-state index contributed by atoms with van der Waals surface area (Å²) in [5.74, 6) is 1.25. The molecule has 3 rings (SSSR count). The van der Waals surface area contributed by atoms with Gasteiger partial charge in [0.2, 0.25) is 4.80 Å². The molecule has 3 aromatic rings. The zero-order valence-corrected chi connectivity index (χ0v) is 21.3. The van der Waals surface area contributed by atoms with Gasteiger partial charge in [-0.05, 0) is 55.2 Å². The number of aryl methyl sites for hydroxylation is 4. The van der Waals surface area contributed by atoms with Gasteiger partial charge in [-0.3, -0.25) is 4.79 Å². The fraction of sp³-hybridized carbons (Fsp3) is 0.308. The Kier molecular flexibility index (Phi) is 8.81. The monoisotopic (exact) mass is 492 g/mol. The number of hydrogen-bond donors (Lipinski definition) is 0. The summed E-state index contributed by atoms with van der Waals surface area (Å²) < 4.78 is 18.7. The van der Waals surface area contributed by atoms with Gasteiger partial charge in [-0.2, -0.15) is 15.4 Å². The summed E-state index contributed by atoms with van der Waals surface area (Å²) in [6.07, 6.45) is 2.22. The summed E-state index contributed by atoms with van der Waals surface area (Å²) in [6, 6.07) is 13.1. The van der Waals surface area contributed by atoms with Crippen molar-refractivity contribution >= 4 is 23.3 Å². The van der Waals surface area contributed by atoms with Crippen LogP contribution in [0.25, 0.3) is 6.08 Å². The Balaban J connectivity index is 1.71. The summed E-state index contributed by atoms with van der Waals surface area (Å²) >= 11 is 1.32. The van der Waals surface area contributed by atoms with Crippen LogP contribution in [0.15, 0.2) is 47.0 Å². The molecule has 0 saturated heterocycles. The van der Waals surface area contributed by atoms with Crippen LogP contribution in [0.4, 0.5) is 0 Å². The fourth-order valence-corrected chi connectivity index (χ4v) is 4.13. The Morgan fingerprint density at radius 1 is 1.17 bits per heavy atom. The van der Waals surface area contributed by atoms with Crippen molar-refractivity contribution in [1.29, 1.82) is 5.26 Å². The predicted octanol–water partition coefficient (Wildman–Crippen LogP) is 4.16. The molecule has 0 aliphatic carbocycles. The molecule has 0 atom stereocenters. The van der Waals surface area contributed by atoms with Gasteiger partial charge in [0.25, 0.3) is 5.91 Å². The molecule has 0 aliphatic rings. The summed E-state index contributed by atoms with van der Waals surface area (Å²) in [7, 11) is 3.25. The minimum Gasteiger partial charge on any atom is -0.493 e. The Morgan fingerprint density at radius 2 is 1.89 bits per heavy atom. The number of benzene rings is 2. The van der Waals surface area contributed by atoms with Crippen molar-refractivity contribution in [2.24, 2.45) is 12.0 Å². The molecule has 0 spiro atoms. The van der Waals surface area contributed by atoms with Crippen molar-refractivity contribution in [2.45, 2.75) is 27.2 Å². The van der Waals surface area contributed by atoms with Crippen LogP contribution in [0.1, 0.15) is 28.6 Å². The number of carbonyl (C=O) groups is 1. The maximum atomic E-state index is 12.6. The maximum absolute atomic E-state index is 12.6. The summed E-state index contributed by atoms with van der Waals surface area (Å²) in [5, 5.41) is 14.7. The van der Waals surface area contributed by atoms with Crippen LogP contribution in [-0.2, 0) is 18.3 Å². The van der Waals surface area contributed by atoms with Crippen LogP contribution in [0.2, 0.25) is 0 Å². The van der Waals surface area contributed by atoms with E-state index in [9.17, 15) is 10.1 Å². The molecule has 8 nitrogen and oxygen atoms in total. The molecule has 0 fully saturated rings. The zero-order chi connectivity index (χ0) is 25.4. The predicted molar refractivity (Wildman–Crippen MR) is 135 cm³/mol. The number of nitriles is 1. The quantitative estimate of drug-likeness (QED) is 0.253. The topological polar surface area (TPSA) is 98.7 Å². The number of hydrogen-bond acceptors (Lipinski definition) is 7. The third-order valence-corrected chi connectivity index (χ3v) is 6.24. The summed E-state index contributed by atoms with van der Waals surface area (Å²) in [4.78, 5) is 17.1. The number of aromatic nitrogens is 2. The highest BCUT2D eigenvalue weighted by Crippen LogP contribution is 2.29. The summed E-state index contributed by atoms with van der Waals surface area (Å²) in [5.41, 5.74) is 2.67. The average molecular weight is 493 g/mol. The van der Waals surface area contributed by atoms with Crippen LogP contribution in [0.3, 0.4) is 0 Å². The van der Waals surface area contributed by atoms with Crippen LogP contribution in [0, 0.1) is 25.2 Å². The number of nitrogens with zero attached hydrogens (tertiary/aromatic N) is 4. The van der Waals surface area contributed by atoms with E-state index in [0.717, 1.165) is 28.3 Å². The lowest BCUT2D eigenvalue weighted by atomic mass is 10.1. The largest absolute Gasteiger partial charge is 0.493 e. The van der Waals surface area contributed by atoms with E-state index in [-0.39, 0.29) is 5.57 Å². The van der Waals surface area contributed by atoms with Crippen LogP contribution < -0.4 is 19.0 Å². The second-order valence-corrected chi connectivity index (χ2v) is 8.71. The standard InChI is InChI=1S/C26H28N4O4S/c1-6-23-29-30(4)26(35-23)28-25(31)20(16-27)14-19-10-11-21(22(15-19)32-5)33-12-13-34-24-17(2)8-7-9-18(24)3/h7-11,14-15H,6,12-13H2,1-5H3/b20-14-,28-26-. The molecule has 0 saturated carbocycles. The van der Waals surface area contributed by atoms with Crippen molar-refractivity contribution in [3.8, 4) is 23.3 Å². The maximum Gasteiger partial charge on any atom is 0.290 e. The van der Waals surface area contributed by atoms with E-state index in [1.54, 1.807) is 25.2 Å². The first kappa shape index (κ1) is 25.7. The van der Waals surface area contributed by atoms with Crippen LogP contribution in [-0.4, -0.2) is 36.0 Å². The van der Waals surface area contributed by atoms with Gasteiger partial charge in [0, 0.05) is 7.05 Å². The van der Waals surface area contributed by atoms with Crippen molar-refractivity contribution in [2.75, 3.05) is 20.3 Å². The highest BCUT2D eigenvalue weighted by molar-refractivity contribution is 7.08. The van der Waals surface area contributed by atoms with E-state index >= 15 is 0 Å². The van der Waals surface area contributed by atoms with Crippen molar-refractivity contribution < 1.29 is 19.0 Å². The highest BCUT2D eigenvalue weighted by atomic mass is 32.1. The Bertz CT molecular complexity index is 1330. The normalized spacial score (nSPS) is 11.8. The van der Waals surface area contributed by atoms with Crippen LogP contribution >= 0.6 is 11.3 Å². The number of methoxy groups -OCH3 is 1. The zero-order valence-electron chi connectivity index (χ0n) is 20.5. The molecule has 35 heavy (non-hydrogen) atoms.